The van der Waals surface area contributed by atoms with Gasteiger partial charge in [0.15, 0.2) is 5.13 Å². The SMILES string of the molecule is COc1ccc(CNC(=O)C2CCN(c3nc(C(N)=O)cs3)CC2)cc1. The van der Waals surface area contributed by atoms with Gasteiger partial charge in [-0.1, -0.05) is 12.1 Å². The fourth-order valence-electron chi connectivity index (χ4n) is 2.93. The fourth-order valence-corrected chi connectivity index (χ4v) is 3.80. The van der Waals surface area contributed by atoms with Gasteiger partial charge in [0.1, 0.15) is 11.4 Å². The highest BCUT2D eigenvalue weighted by atomic mass is 32.1. The van der Waals surface area contributed by atoms with E-state index in [-0.39, 0.29) is 11.8 Å². The second-order valence-electron chi connectivity index (χ2n) is 6.21. The number of piperidine rings is 1. The number of thiazole rings is 1. The number of carbonyl (C=O) groups is 2. The Morgan fingerprint density at radius 2 is 2.00 bits per heavy atom. The molecule has 2 heterocycles. The molecule has 138 valence electrons. The van der Waals surface area contributed by atoms with Crippen molar-refractivity contribution in [3.63, 3.8) is 0 Å². The number of anilines is 1. The number of methoxy groups -OCH3 is 1. The molecular formula is C18H22N4O3S. The topological polar surface area (TPSA) is 97.6 Å². The van der Waals surface area contributed by atoms with E-state index in [0.717, 1.165) is 42.4 Å². The molecule has 0 atom stereocenters. The third-order valence-electron chi connectivity index (χ3n) is 4.51. The van der Waals surface area contributed by atoms with Gasteiger partial charge in [0, 0.05) is 30.9 Å². The largest absolute Gasteiger partial charge is 0.497 e. The molecule has 2 aromatic rings. The molecule has 1 saturated heterocycles. The van der Waals surface area contributed by atoms with Crippen LogP contribution in [0.3, 0.4) is 0 Å². The molecule has 3 N–H and O–H groups in total. The Labute approximate surface area is 156 Å². The lowest BCUT2D eigenvalue weighted by atomic mass is 9.96. The Morgan fingerprint density at radius 3 is 2.58 bits per heavy atom. The molecule has 1 aliphatic rings. The number of hydrogen-bond donors (Lipinski definition) is 2. The van der Waals surface area contributed by atoms with Crippen LogP contribution in [-0.2, 0) is 11.3 Å². The minimum absolute atomic E-state index is 0.0000661. The highest BCUT2D eigenvalue weighted by molar-refractivity contribution is 7.13. The number of rotatable bonds is 6. The number of aromatic nitrogens is 1. The lowest BCUT2D eigenvalue weighted by Gasteiger charge is -2.31. The highest BCUT2D eigenvalue weighted by Crippen LogP contribution is 2.26. The summed E-state index contributed by atoms with van der Waals surface area (Å²) in [6.45, 7) is 2.00. The van der Waals surface area contributed by atoms with Gasteiger partial charge in [-0.3, -0.25) is 9.59 Å². The van der Waals surface area contributed by atoms with E-state index in [1.807, 2.05) is 24.3 Å². The van der Waals surface area contributed by atoms with Crippen LogP contribution in [0.15, 0.2) is 29.6 Å². The lowest BCUT2D eigenvalue weighted by Crippen LogP contribution is -2.40. The smallest absolute Gasteiger partial charge is 0.268 e. The summed E-state index contributed by atoms with van der Waals surface area (Å²) in [4.78, 5) is 29.9. The summed E-state index contributed by atoms with van der Waals surface area (Å²) >= 11 is 1.41. The quantitative estimate of drug-likeness (QED) is 0.803. The zero-order chi connectivity index (χ0) is 18.5. The van der Waals surface area contributed by atoms with Gasteiger partial charge in [-0.15, -0.1) is 11.3 Å². The highest BCUT2D eigenvalue weighted by Gasteiger charge is 2.26. The van der Waals surface area contributed by atoms with Crippen LogP contribution in [0, 0.1) is 5.92 Å². The Morgan fingerprint density at radius 1 is 1.31 bits per heavy atom. The van der Waals surface area contributed by atoms with E-state index in [0.29, 0.717) is 12.2 Å². The molecule has 0 aliphatic carbocycles. The molecular weight excluding hydrogens is 352 g/mol. The van der Waals surface area contributed by atoms with E-state index >= 15 is 0 Å². The van der Waals surface area contributed by atoms with Gasteiger partial charge >= 0.3 is 0 Å². The molecule has 1 aromatic heterocycles. The van der Waals surface area contributed by atoms with Crippen molar-refractivity contribution in [1.29, 1.82) is 0 Å². The van der Waals surface area contributed by atoms with E-state index in [9.17, 15) is 9.59 Å². The molecule has 8 heteroatoms. The van der Waals surface area contributed by atoms with Crippen LogP contribution >= 0.6 is 11.3 Å². The van der Waals surface area contributed by atoms with Gasteiger partial charge in [0.05, 0.1) is 7.11 Å². The molecule has 1 aromatic carbocycles. The van der Waals surface area contributed by atoms with Crippen LogP contribution < -0.4 is 20.7 Å². The Kier molecular flexibility index (Phi) is 5.72. The number of benzene rings is 1. The van der Waals surface area contributed by atoms with Gasteiger partial charge in [-0.05, 0) is 30.5 Å². The van der Waals surface area contributed by atoms with Crippen LogP contribution in [0.25, 0.3) is 0 Å². The normalized spacial score (nSPS) is 14.9. The zero-order valence-corrected chi connectivity index (χ0v) is 15.4. The maximum Gasteiger partial charge on any atom is 0.268 e. The van der Waals surface area contributed by atoms with Crippen molar-refractivity contribution in [1.82, 2.24) is 10.3 Å². The third kappa shape index (κ3) is 4.32. The predicted molar refractivity (Wildman–Crippen MR) is 100 cm³/mol. The van der Waals surface area contributed by atoms with Crippen molar-refractivity contribution in [2.75, 3.05) is 25.1 Å². The monoisotopic (exact) mass is 374 g/mol. The Balaban J connectivity index is 1.47. The average molecular weight is 374 g/mol. The molecule has 0 bridgehead atoms. The van der Waals surface area contributed by atoms with Crippen molar-refractivity contribution in [2.24, 2.45) is 11.7 Å². The number of carbonyl (C=O) groups excluding carboxylic acids is 2. The number of nitrogens with two attached hydrogens (primary N) is 1. The van der Waals surface area contributed by atoms with Crippen LogP contribution in [0.2, 0.25) is 0 Å². The average Bonchev–Trinajstić information content (AvgIpc) is 3.17. The Bertz CT molecular complexity index is 767. The van der Waals surface area contributed by atoms with Crippen molar-refractivity contribution in [3.05, 3.63) is 40.9 Å². The van der Waals surface area contributed by atoms with Crippen LogP contribution in [0.5, 0.6) is 5.75 Å². The van der Waals surface area contributed by atoms with Crippen LogP contribution in [0.1, 0.15) is 28.9 Å². The van der Waals surface area contributed by atoms with Crippen molar-refractivity contribution >= 4 is 28.3 Å². The predicted octanol–water partition coefficient (Wildman–Crippen LogP) is 1.78. The van der Waals surface area contributed by atoms with Gasteiger partial charge in [0.2, 0.25) is 5.91 Å². The molecule has 3 rings (SSSR count). The fraction of sp³-hybridized carbons (Fsp3) is 0.389. The molecule has 0 saturated carbocycles. The van der Waals surface area contributed by atoms with Gasteiger partial charge in [-0.25, -0.2) is 4.98 Å². The standard InChI is InChI=1S/C18H22N4O3S/c1-25-14-4-2-12(3-5-14)10-20-17(24)13-6-8-22(9-7-13)18-21-15(11-26-18)16(19)23/h2-5,11,13H,6-10H2,1H3,(H2,19,23)(H,20,24). The molecule has 0 radical (unpaired) electrons. The van der Waals surface area contributed by atoms with E-state index in [2.05, 4.69) is 15.2 Å². The van der Waals surface area contributed by atoms with Crippen LogP contribution in [-0.4, -0.2) is 37.0 Å². The van der Waals surface area contributed by atoms with Gasteiger partial charge in [-0.2, -0.15) is 0 Å². The first-order valence-corrected chi connectivity index (χ1v) is 9.35. The number of ether oxygens (including phenoxy) is 1. The molecule has 7 nitrogen and oxygen atoms in total. The number of amides is 2. The first-order chi connectivity index (χ1) is 12.6. The minimum Gasteiger partial charge on any atom is -0.497 e. The summed E-state index contributed by atoms with van der Waals surface area (Å²) in [6.07, 6.45) is 1.53. The van der Waals surface area contributed by atoms with Crippen molar-refractivity contribution < 1.29 is 14.3 Å². The number of nitrogens with one attached hydrogen (secondary N) is 1. The summed E-state index contributed by atoms with van der Waals surface area (Å²) in [6, 6.07) is 7.66. The summed E-state index contributed by atoms with van der Waals surface area (Å²) < 4.78 is 5.13. The zero-order valence-electron chi connectivity index (χ0n) is 14.6. The minimum atomic E-state index is -0.514. The number of hydrogen-bond acceptors (Lipinski definition) is 6. The maximum absolute atomic E-state index is 12.4. The summed E-state index contributed by atoms with van der Waals surface area (Å²) in [5, 5.41) is 5.47. The van der Waals surface area contributed by atoms with Gasteiger partial charge < -0.3 is 20.7 Å². The van der Waals surface area contributed by atoms with Crippen LogP contribution in [0.4, 0.5) is 5.13 Å². The maximum atomic E-state index is 12.4. The van der Waals surface area contributed by atoms with E-state index in [4.69, 9.17) is 10.5 Å². The second kappa shape index (κ2) is 8.18. The van der Waals surface area contributed by atoms with Crippen molar-refractivity contribution in [2.45, 2.75) is 19.4 Å². The first-order valence-electron chi connectivity index (χ1n) is 8.47. The van der Waals surface area contributed by atoms with Gasteiger partial charge in [0.25, 0.3) is 5.91 Å². The second-order valence-corrected chi connectivity index (χ2v) is 7.04. The summed E-state index contributed by atoms with van der Waals surface area (Å²) in [5.74, 6) is 0.368. The lowest BCUT2D eigenvalue weighted by molar-refractivity contribution is -0.125. The summed E-state index contributed by atoms with van der Waals surface area (Å²) in [5.41, 5.74) is 6.58. The number of primary amides is 1. The van der Waals surface area contributed by atoms with E-state index < -0.39 is 5.91 Å². The van der Waals surface area contributed by atoms with E-state index in [1.54, 1.807) is 12.5 Å². The summed E-state index contributed by atoms with van der Waals surface area (Å²) in [7, 11) is 1.63. The molecule has 0 spiro atoms. The molecule has 1 aliphatic heterocycles. The Hall–Kier alpha value is -2.61. The molecule has 1 fully saturated rings. The molecule has 0 unspecified atom stereocenters. The number of nitrogens with zero attached hydrogens (tertiary/aromatic N) is 2. The van der Waals surface area contributed by atoms with E-state index in [1.165, 1.54) is 11.3 Å². The third-order valence-corrected chi connectivity index (χ3v) is 5.41. The molecule has 2 amide bonds. The first kappa shape index (κ1) is 18.2. The molecule has 26 heavy (non-hydrogen) atoms. The van der Waals surface area contributed by atoms with Crippen molar-refractivity contribution in [3.8, 4) is 5.75 Å².